The molecule has 0 saturated heterocycles. The predicted octanol–water partition coefficient (Wildman–Crippen LogP) is 6.95. The van der Waals surface area contributed by atoms with E-state index in [1.54, 1.807) is 62.4 Å². The Morgan fingerprint density at radius 2 is 1.74 bits per heavy atom. The zero-order chi connectivity index (χ0) is 30.9. The molecule has 1 aliphatic heterocycles. The third-order valence-electron chi connectivity index (χ3n) is 7.26. The Morgan fingerprint density at radius 1 is 1.05 bits per heavy atom. The van der Waals surface area contributed by atoms with Gasteiger partial charge in [-0.1, -0.05) is 48.5 Å². The second-order valence-corrected chi connectivity index (χ2v) is 9.92. The van der Waals surface area contributed by atoms with Gasteiger partial charge in [0.05, 0.1) is 34.9 Å². The first-order valence-corrected chi connectivity index (χ1v) is 13.1. The van der Waals surface area contributed by atoms with Gasteiger partial charge in [-0.05, 0) is 55.3 Å². The van der Waals surface area contributed by atoms with Crippen molar-refractivity contribution < 1.29 is 23.1 Å². The third kappa shape index (κ3) is 5.51. The zero-order valence-electron chi connectivity index (χ0n) is 23.0. The van der Waals surface area contributed by atoms with Gasteiger partial charge in [0.15, 0.2) is 5.82 Å². The molecule has 1 N–H and O–H groups in total. The van der Waals surface area contributed by atoms with E-state index in [1.807, 2.05) is 12.1 Å². The smallest absolute Gasteiger partial charge is 0.416 e. The van der Waals surface area contributed by atoms with E-state index >= 15 is 0 Å². The molecule has 0 radical (unpaired) electrons. The molecule has 0 fully saturated rings. The van der Waals surface area contributed by atoms with Crippen LogP contribution in [0.25, 0.3) is 0 Å². The molecular formula is C31H24F3N7O2. The van der Waals surface area contributed by atoms with Crippen LogP contribution in [0.2, 0.25) is 0 Å². The van der Waals surface area contributed by atoms with Crippen molar-refractivity contribution in [2.75, 3.05) is 4.90 Å². The summed E-state index contributed by atoms with van der Waals surface area (Å²) in [6.07, 6.45) is -5.83. The van der Waals surface area contributed by atoms with Crippen molar-refractivity contribution in [3.05, 3.63) is 118 Å². The van der Waals surface area contributed by atoms with Crippen molar-refractivity contribution in [1.82, 2.24) is 19.7 Å². The molecule has 4 aromatic rings. The number of alkyl halides is 3. The maximum absolute atomic E-state index is 13.7. The van der Waals surface area contributed by atoms with Crippen LogP contribution >= 0.6 is 0 Å². The summed E-state index contributed by atoms with van der Waals surface area (Å²) in [5.74, 6) is 0.202. The number of hydrogen-bond donors (Lipinski definition) is 1. The number of carbonyl (C=O) groups is 1. The SMILES string of the molecule is CC1=C(C#N)[C@@H](c2ccc(C#N)cc2)n2nc(C(C)N(Cc3ccccc3)C(=O)O)nc2N1c1cccc(C(F)(F)F)c1. The molecular weight excluding hydrogens is 559 g/mol. The molecule has 1 unspecified atom stereocenters. The fourth-order valence-electron chi connectivity index (χ4n) is 5.03. The normalized spacial score (nSPS) is 15.3. The number of aromatic nitrogens is 3. The standard InChI is InChI=1S/C31H24F3N7O2/c1-19-26(17-36)27(23-13-11-21(16-35)12-14-23)41-29(40(19)25-10-6-9-24(15-25)31(32,33)34)37-28(38-41)20(2)39(30(42)43)18-22-7-4-3-5-8-22/h3-15,20,27H,18H2,1-2H3,(H,42,43)/t20?,27-/m1/s1. The quantitative estimate of drug-likeness (QED) is 0.261. The van der Waals surface area contributed by atoms with Gasteiger partial charge in [-0.25, -0.2) is 9.48 Å². The van der Waals surface area contributed by atoms with Crippen molar-refractivity contribution in [3.63, 3.8) is 0 Å². The number of nitriles is 2. The van der Waals surface area contributed by atoms with Crippen LogP contribution in [-0.2, 0) is 12.7 Å². The molecule has 43 heavy (non-hydrogen) atoms. The summed E-state index contributed by atoms with van der Waals surface area (Å²) in [6.45, 7) is 3.27. The number of fused-ring (bicyclic) bond motifs is 1. The topological polar surface area (TPSA) is 122 Å². The number of halogens is 3. The van der Waals surface area contributed by atoms with E-state index in [4.69, 9.17) is 0 Å². The average molecular weight is 584 g/mol. The van der Waals surface area contributed by atoms with Crippen LogP contribution in [0.3, 0.4) is 0 Å². The van der Waals surface area contributed by atoms with Crippen LogP contribution in [0.5, 0.6) is 0 Å². The molecule has 1 aliphatic rings. The summed E-state index contributed by atoms with van der Waals surface area (Å²) in [5, 5.41) is 34.3. The van der Waals surface area contributed by atoms with Crippen LogP contribution in [0.1, 0.15) is 54.0 Å². The zero-order valence-corrected chi connectivity index (χ0v) is 23.0. The van der Waals surface area contributed by atoms with Gasteiger partial charge in [0.2, 0.25) is 5.95 Å². The number of hydrogen-bond acceptors (Lipinski definition) is 6. The van der Waals surface area contributed by atoms with Gasteiger partial charge in [0, 0.05) is 17.9 Å². The van der Waals surface area contributed by atoms with Gasteiger partial charge in [-0.2, -0.15) is 33.8 Å². The number of amides is 1. The second kappa shape index (κ2) is 11.3. The van der Waals surface area contributed by atoms with E-state index in [9.17, 15) is 33.6 Å². The Labute approximate surface area is 245 Å². The number of rotatable bonds is 6. The molecule has 0 spiro atoms. The first kappa shape index (κ1) is 28.9. The van der Waals surface area contributed by atoms with E-state index < -0.39 is 29.9 Å². The van der Waals surface area contributed by atoms with E-state index in [0.717, 1.165) is 22.6 Å². The van der Waals surface area contributed by atoms with Crippen molar-refractivity contribution in [1.29, 1.82) is 10.5 Å². The fourth-order valence-corrected chi connectivity index (χ4v) is 5.03. The molecule has 5 rings (SSSR count). The summed E-state index contributed by atoms with van der Waals surface area (Å²) < 4.78 is 42.4. The van der Waals surface area contributed by atoms with Gasteiger partial charge in [-0.3, -0.25) is 9.80 Å². The Morgan fingerprint density at radius 3 is 2.35 bits per heavy atom. The monoisotopic (exact) mass is 583 g/mol. The predicted molar refractivity (Wildman–Crippen MR) is 150 cm³/mol. The minimum Gasteiger partial charge on any atom is -0.465 e. The minimum absolute atomic E-state index is 0.0400. The van der Waals surface area contributed by atoms with Gasteiger partial charge >= 0.3 is 12.3 Å². The van der Waals surface area contributed by atoms with Crippen molar-refractivity contribution >= 4 is 17.7 Å². The lowest BCUT2D eigenvalue weighted by molar-refractivity contribution is -0.137. The van der Waals surface area contributed by atoms with Crippen LogP contribution in [0.15, 0.2) is 90.1 Å². The Kier molecular flexibility index (Phi) is 7.62. The highest BCUT2D eigenvalue weighted by Crippen LogP contribution is 2.43. The lowest BCUT2D eigenvalue weighted by atomic mass is 9.95. The first-order valence-electron chi connectivity index (χ1n) is 13.1. The molecule has 1 aromatic heterocycles. The van der Waals surface area contributed by atoms with E-state index in [0.29, 0.717) is 16.8 Å². The summed E-state index contributed by atoms with van der Waals surface area (Å²) in [6, 6.07) is 22.7. The Balaban J connectivity index is 1.68. The highest BCUT2D eigenvalue weighted by molar-refractivity contribution is 5.69. The van der Waals surface area contributed by atoms with E-state index in [1.165, 1.54) is 21.7 Å². The number of anilines is 2. The Hall–Kier alpha value is -5.62. The van der Waals surface area contributed by atoms with Gasteiger partial charge in [0.25, 0.3) is 0 Å². The van der Waals surface area contributed by atoms with Crippen molar-refractivity contribution in [3.8, 4) is 12.1 Å². The summed E-state index contributed by atoms with van der Waals surface area (Å²) >= 11 is 0. The highest BCUT2D eigenvalue weighted by Gasteiger charge is 2.38. The summed E-state index contributed by atoms with van der Waals surface area (Å²) in [7, 11) is 0. The van der Waals surface area contributed by atoms with Gasteiger partial charge < -0.3 is 5.11 Å². The highest BCUT2D eigenvalue weighted by atomic mass is 19.4. The minimum atomic E-state index is -4.61. The second-order valence-electron chi connectivity index (χ2n) is 9.92. The molecule has 1 amide bonds. The van der Waals surface area contributed by atoms with Crippen molar-refractivity contribution in [2.45, 2.75) is 38.7 Å². The van der Waals surface area contributed by atoms with E-state index in [2.05, 4.69) is 16.2 Å². The van der Waals surface area contributed by atoms with Crippen LogP contribution in [0, 0.1) is 22.7 Å². The Bertz CT molecular complexity index is 1790. The van der Waals surface area contributed by atoms with Crippen LogP contribution in [0.4, 0.5) is 29.6 Å². The van der Waals surface area contributed by atoms with E-state index in [-0.39, 0.29) is 29.6 Å². The van der Waals surface area contributed by atoms with Crippen LogP contribution in [-0.4, -0.2) is 30.9 Å². The molecule has 0 saturated carbocycles. The lowest BCUT2D eigenvalue weighted by Gasteiger charge is -2.34. The molecule has 2 atom stereocenters. The number of allylic oxidation sites excluding steroid dienone is 2. The molecule has 9 nitrogen and oxygen atoms in total. The van der Waals surface area contributed by atoms with Crippen molar-refractivity contribution in [2.24, 2.45) is 0 Å². The number of benzene rings is 3. The largest absolute Gasteiger partial charge is 0.465 e. The lowest BCUT2D eigenvalue weighted by Crippen LogP contribution is -2.32. The van der Waals surface area contributed by atoms with Gasteiger partial charge in [0.1, 0.15) is 6.04 Å². The molecule has 0 aliphatic carbocycles. The fraction of sp³-hybridized carbons (Fsp3) is 0.194. The molecule has 0 bridgehead atoms. The summed E-state index contributed by atoms with van der Waals surface area (Å²) in [5.41, 5.74) is 1.47. The number of carboxylic acid groups (broad SMARTS) is 1. The first-order chi connectivity index (χ1) is 20.5. The van der Waals surface area contributed by atoms with Crippen LogP contribution < -0.4 is 4.90 Å². The molecule has 3 aromatic carbocycles. The maximum atomic E-state index is 13.7. The average Bonchev–Trinajstić information content (AvgIpc) is 3.43. The van der Waals surface area contributed by atoms with Gasteiger partial charge in [-0.15, -0.1) is 0 Å². The molecule has 2 heterocycles. The third-order valence-corrected chi connectivity index (χ3v) is 7.26. The molecule has 216 valence electrons. The number of nitrogens with zero attached hydrogens (tertiary/aromatic N) is 7. The summed E-state index contributed by atoms with van der Waals surface area (Å²) in [4.78, 5) is 19.6. The molecule has 12 heteroatoms. The maximum Gasteiger partial charge on any atom is 0.416 e.